The van der Waals surface area contributed by atoms with Crippen molar-refractivity contribution < 1.29 is 14.0 Å². The van der Waals surface area contributed by atoms with Gasteiger partial charge in [0.1, 0.15) is 0 Å². The molecule has 2 aromatic carbocycles. The molecule has 3 aromatic rings. The molecule has 0 aliphatic heterocycles. The SMILES string of the molecule is CCN(CC)C(=O)c1cccc(NC(=O)c2occc2-c2ccccc2)c1. The van der Waals surface area contributed by atoms with Crippen molar-refractivity contribution in [2.45, 2.75) is 13.8 Å². The molecule has 5 heteroatoms. The Bertz CT molecular complexity index is 927. The quantitative estimate of drug-likeness (QED) is 0.692. The highest BCUT2D eigenvalue weighted by Crippen LogP contribution is 2.25. The van der Waals surface area contributed by atoms with Crippen molar-refractivity contribution in [1.82, 2.24) is 4.90 Å². The van der Waals surface area contributed by atoms with E-state index < -0.39 is 0 Å². The molecule has 0 aliphatic carbocycles. The minimum atomic E-state index is -0.355. The van der Waals surface area contributed by atoms with Gasteiger partial charge in [0, 0.05) is 29.9 Å². The van der Waals surface area contributed by atoms with Gasteiger partial charge in [-0.3, -0.25) is 9.59 Å². The average molecular weight is 362 g/mol. The second-order valence-corrected chi connectivity index (χ2v) is 6.04. The van der Waals surface area contributed by atoms with Crippen molar-refractivity contribution in [3.8, 4) is 11.1 Å². The summed E-state index contributed by atoms with van der Waals surface area (Å²) in [7, 11) is 0. The van der Waals surface area contributed by atoms with Gasteiger partial charge in [-0.1, -0.05) is 36.4 Å². The molecular weight excluding hydrogens is 340 g/mol. The van der Waals surface area contributed by atoms with Crippen molar-refractivity contribution >= 4 is 17.5 Å². The summed E-state index contributed by atoms with van der Waals surface area (Å²) in [6.07, 6.45) is 1.50. The van der Waals surface area contributed by atoms with E-state index in [1.807, 2.05) is 44.2 Å². The van der Waals surface area contributed by atoms with E-state index in [-0.39, 0.29) is 17.6 Å². The first-order valence-electron chi connectivity index (χ1n) is 8.97. The molecule has 0 saturated carbocycles. The summed E-state index contributed by atoms with van der Waals surface area (Å²) in [4.78, 5) is 26.9. The van der Waals surface area contributed by atoms with Gasteiger partial charge >= 0.3 is 0 Å². The van der Waals surface area contributed by atoms with Crippen molar-refractivity contribution in [2.75, 3.05) is 18.4 Å². The molecule has 5 nitrogen and oxygen atoms in total. The molecule has 1 heterocycles. The van der Waals surface area contributed by atoms with Crippen LogP contribution in [0.1, 0.15) is 34.8 Å². The number of amides is 2. The zero-order valence-corrected chi connectivity index (χ0v) is 15.4. The van der Waals surface area contributed by atoms with E-state index in [0.29, 0.717) is 24.3 Å². The fraction of sp³-hybridized carbons (Fsp3) is 0.182. The van der Waals surface area contributed by atoms with Gasteiger partial charge in [0.2, 0.25) is 0 Å². The van der Waals surface area contributed by atoms with Crippen LogP contribution in [0, 0.1) is 0 Å². The number of nitrogens with one attached hydrogen (secondary N) is 1. The normalized spacial score (nSPS) is 10.4. The Kier molecular flexibility index (Phi) is 5.71. The standard InChI is InChI=1S/C22H22N2O3/c1-3-24(4-2)22(26)17-11-8-12-18(15-17)23-21(25)20-19(13-14-27-20)16-9-6-5-7-10-16/h5-15H,3-4H2,1-2H3,(H,23,25). The Hall–Kier alpha value is -3.34. The highest BCUT2D eigenvalue weighted by atomic mass is 16.3. The van der Waals surface area contributed by atoms with Gasteiger partial charge in [-0.15, -0.1) is 0 Å². The molecule has 0 saturated heterocycles. The third-order valence-corrected chi connectivity index (χ3v) is 4.37. The zero-order chi connectivity index (χ0) is 19.2. The minimum Gasteiger partial charge on any atom is -0.459 e. The second kappa shape index (κ2) is 8.36. The zero-order valence-electron chi connectivity index (χ0n) is 15.4. The van der Waals surface area contributed by atoms with Crippen molar-refractivity contribution in [3.05, 3.63) is 78.3 Å². The number of anilines is 1. The molecule has 1 aromatic heterocycles. The monoisotopic (exact) mass is 362 g/mol. The van der Waals surface area contributed by atoms with Crippen LogP contribution in [0.25, 0.3) is 11.1 Å². The van der Waals surface area contributed by atoms with E-state index in [1.165, 1.54) is 6.26 Å². The van der Waals surface area contributed by atoms with Gasteiger partial charge in [-0.25, -0.2) is 0 Å². The lowest BCUT2D eigenvalue weighted by molar-refractivity contribution is 0.0772. The van der Waals surface area contributed by atoms with Crippen molar-refractivity contribution in [2.24, 2.45) is 0 Å². The summed E-state index contributed by atoms with van der Waals surface area (Å²) >= 11 is 0. The minimum absolute atomic E-state index is 0.0564. The van der Waals surface area contributed by atoms with E-state index in [0.717, 1.165) is 11.1 Å². The van der Waals surface area contributed by atoms with Crippen molar-refractivity contribution in [3.63, 3.8) is 0 Å². The van der Waals surface area contributed by atoms with E-state index in [9.17, 15) is 9.59 Å². The fourth-order valence-electron chi connectivity index (χ4n) is 2.94. The summed E-state index contributed by atoms with van der Waals surface area (Å²) < 4.78 is 5.42. The van der Waals surface area contributed by atoms with E-state index in [1.54, 1.807) is 35.2 Å². The Morgan fingerprint density at radius 3 is 2.41 bits per heavy atom. The third kappa shape index (κ3) is 4.08. The Balaban J connectivity index is 1.81. The Morgan fingerprint density at radius 1 is 0.963 bits per heavy atom. The molecule has 27 heavy (non-hydrogen) atoms. The highest BCUT2D eigenvalue weighted by Gasteiger charge is 2.18. The summed E-state index contributed by atoms with van der Waals surface area (Å²) in [6.45, 7) is 5.15. The predicted octanol–water partition coefficient (Wildman–Crippen LogP) is 4.68. The summed E-state index contributed by atoms with van der Waals surface area (Å²) in [5.41, 5.74) is 2.72. The van der Waals surface area contributed by atoms with Crippen LogP contribution < -0.4 is 5.32 Å². The van der Waals surface area contributed by atoms with Crippen LogP contribution in [0.5, 0.6) is 0 Å². The molecule has 0 spiro atoms. The van der Waals surface area contributed by atoms with Crippen LogP contribution >= 0.6 is 0 Å². The first-order chi connectivity index (χ1) is 13.1. The molecule has 1 N–H and O–H groups in total. The van der Waals surface area contributed by atoms with Crippen LogP contribution in [-0.4, -0.2) is 29.8 Å². The Labute approximate surface area is 158 Å². The predicted molar refractivity (Wildman–Crippen MR) is 106 cm³/mol. The molecule has 0 bridgehead atoms. The first kappa shape index (κ1) is 18.5. The lowest BCUT2D eigenvalue weighted by Gasteiger charge is -2.19. The van der Waals surface area contributed by atoms with Gasteiger partial charge in [-0.05, 0) is 43.7 Å². The summed E-state index contributed by atoms with van der Waals surface area (Å²) in [6, 6.07) is 18.3. The van der Waals surface area contributed by atoms with Crippen LogP contribution in [0.3, 0.4) is 0 Å². The van der Waals surface area contributed by atoms with Crippen LogP contribution in [0.4, 0.5) is 5.69 Å². The van der Waals surface area contributed by atoms with Gasteiger partial charge in [0.25, 0.3) is 11.8 Å². The molecule has 0 aliphatic rings. The summed E-state index contributed by atoms with van der Waals surface area (Å²) in [5, 5.41) is 2.82. The molecule has 0 atom stereocenters. The van der Waals surface area contributed by atoms with Gasteiger partial charge < -0.3 is 14.6 Å². The van der Waals surface area contributed by atoms with Crippen LogP contribution in [0.2, 0.25) is 0 Å². The maximum absolute atomic E-state index is 12.7. The fourth-order valence-corrected chi connectivity index (χ4v) is 2.94. The van der Waals surface area contributed by atoms with E-state index in [4.69, 9.17) is 4.42 Å². The van der Waals surface area contributed by atoms with Gasteiger partial charge in [0.05, 0.1) is 6.26 Å². The number of carbonyl (C=O) groups is 2. The number of benzene rings is 2. The largest absolute Gasteiger partial charge is 0.459 e. The van der Waals surface area contributed by atoms with E-state index >= 15 is 0 Å². The average Bonchev–Trinajstić information content (AvgIpc) is 3.20. The maximum atomic E-state index is 12.7. The van der Waals surface area contributed by atoms with Crippen LogP contribution in [-0.2, 0) is 0 Å². The van der Waals surface area contributed by atoms with Crippen LogP contribution in [0.15, 0.2) is 71.3 Å². The smallest absolute Gasteiger partial charge is 0.292 e. The maximum Gasteiger partial charge on any atom is 0.292 e. The molecule has 0 unspecified atom stereocenters. The molecule has 3 rings (SSSR count). The number of nitrogens with zero attached hydrogens (tertiary/aromatic N) is 1. The molecule has 2 amide bonds. The molecule has 0 radical (unpaired) electrons. The number of furan rings is 1. The molecular formula is C22H22N2O3. The van der Waals surface area contributed by atoms with E-state index in [2.05, 4.69) is 5.32 Å². The number of hydrogen-bond donors (Lipinski definition) is 1. The third-order valence-electron chi connectivity index (χ3n) is 4.37. The number of hydrogen-bond acceptors (Lipinski definition) is 3. The van der Waals surface area contributed by atoms with Gasteiger partial charge in [0.15, 0.2) is 5.76 Å². The first-order valence-corrected chi connectivity index (χ1v) is 8.97. The summed E-state index contributed by atoms with van der Waals surface area (Å²) in [5.74, 6) is -0.174. The number of carbonyl (C=O) groups excluding carboxylic acids is 2. The van der Waals surface area contributed by atoms with Crippen molar-refractivity contribution in [1.29, 1.82) is 0 Å². The molecule has 138 valence electrons. The second-order valence-electron chi connectivity index (χ2n) is 6.04. The molecule has 0 fully saturated rings. The number of rotatable bonds is 6. The van der Waals surface area contributed by atoms with Gasteiger partial charge in [-0.2, -0.15) is 0 Å². The lowest BCUT2D eigenvalue weighted by Crippen LogP contribution is -2.30. The Morgan fingerprint density at radius 2 is 1.70 bits per heavy atom. The topological polar surface area (TPSA) is 62.6 Å². The highest BCUT2D eigenvalue weighted by molar-refractivity contribution is 6.07. The lowest BCUT2D eigenvalue weighted by atomic mass is 10.1.